The van der Waals surface area contributed by atoms with Gasteiger partial charge in [0.15, 0.2) is 0 Å². The van der Waals surface area contributed by atoms with E-state index in [2.05, 4.69) is 0 Å². The zero-order valence-corrected chi connectivity index (χ0v) is 25.6. The fourth-order valence-corrected chi connectivity index (χ4v) is 5.07. The number of halogens is 6. The summed E-state index contributed by atoms with van der Waals surface area (Å²) in [5.74, 6) is -6.75. The Balaban J connectivity index is 1.84. The Kier molecular flexibility index (Phi) is 10.2. The van der Waals surface area contributed by atoms with Crippen molar-refractivity contribution in [1.82, 2.24) is 0 Å². The van der Waals surface area contributed by atoms with Crippen LogP contribution in [0.3, 0.4) is 0 Å². The maximum Gasteiger partial charge on any atom is 0.411 e. The highest BCUT2D eigenvalue weighted by Gasteiger charge is 2.72. The normalized spacial score (nSPS) is 11.9. The number of hydrogen-bond donors (Lipinski definition) is 2. The third-order valence-corrected chi connectivity index (χ3v) is 7.64. The first-order valence-electron chi connectivity index (χ1n) is 14.2. The minimum Gasteiger partial charge on any atom is -0.478 e. The molecule has 256 valence electrons. The Bertz CT molecular complexity index is 1880. The topological polar surface area (TPSA) is 127 Å². The number of carbonyl (C=O) groups is 4. The highest BCUT2D eigenvalue weighted by atomic mass is 19.4. The molecule has 0 unspecified atom stereocenters. The van der Waals surface area contributed by atoms with E-state index in [0.29, 0.717) is 23.3 Å². The second-order valence-corrected chi connectivity index (χ2v) is 11.0. The summed E-state index contributed by atoms with van der Waals surface area (Å²) in [6.07, 6.45) is -12.5. The molecule has 0 saturated heterocycles. The van der Waals surface area contributed by atoms with Gasteiger partial charge in [-0.05, 0) is 60.4 Å². The zero-order chi connectivity index (χ0) is 36.3. The van der Waals surface area contributed by atoms with Crippen molar-refractivity contribution in [2.24, 2.45) is 0 Å². The Morgan fingerprint density at radius 1 is 0.531 bits per heavy atom. The smallest absolute Gasteiger partial charge is 0.411 e. The van der Waals surface area contributed by atoms with Gasteiger partial charge in [-0.3, -0.25) is 0 Å². The van der Waals surface area contributed by atoms with Crippen molar-refractivity contribution in [1.29, 1.82) is 0 Å². The van der Waals surface area contributed by atoms with Crippen molar-refractivity contribution in [2.45, 2.75) is 44.8 Å². The van der Waals surface area contributed by atoms with Crippen LogP contribution < -0.4 is 0 Å². The molecule has 0 aliphatic carbocycles. The first-order chi connectivity index (χ1) is 22.9. The van der Waals surface area contributed by atoms with Crippen LogP contribution in [-0.2, 0) is 28.1 Å². The van der Waals surface area contributed by atoms with Crippen LogP contribution >= 0.6 is 0 Å². The molecule has 49 heavy (non-hydrogen) atoms. The maximum atomic E-state index is 15.0. The van der Waals surface area contributed by atoms with E-state index in [1.165, 1.54) is 12.1 Å². The number of ether oxygens (including phenoxy) is 2. The number of aryl methyl sites for hydroxylation is 2. The minimum absolute atomic E-state index is 0.0479. The number of aromatic carboxylic acids is 2. The summed E-state index contributed by atoms with van der Waals surface area (Å²) < 4.78 is 100.0. The summed E-state index contributed by atoms with van der Waals surface area (Å²) in [5.41, 5.74) is -9.91. The van der Waals surface area contributed by atoms with Crippen LogP contribution in [-0.4, -0.2) is 46.4 Å². The Morgan fingerprint density at radius 2 is 0.898 bits per heavy atom. The van der Waals surface area contributed by atoms with Crippen molar-refractivity contribution in [3.05, 3.63) is 141 Å². The lowest BCUT2D eigenvalue weighted by Gasteiger charge is -2.38. The summed E-state index contributed by atoms with van der Waals surface area (Å²) in [7, 11) is 0. The molecule has 0 aromatic heterocycles. The van der Waals surface area contributed by atoms with Gasteiger partial charge < -0.3 is 19.7 Å². The molecule has 0 aliphatic rings. The van der Waals surface area contributed by atoms with Crippen molar-refractivity contribution >= 4 is 23.9 Å². The first kappa shape index (κ1) is 36.2. The van der Waals surface area contributed by atoms with Crippen LogP contribution in [0.25, 0.3) is 0 Å². The highest BCUT2D eigenvalue weighted by molar-refractivity contribution is 6.03. The Labute approximate surface area is 274 Å². The van der Waals surface area contributed by atoms with Crippen LogP contribution in [0.2, 0.25) is 0 Å². The molecule has 2 N–H and O–H groups in total. The van der Waals surface area contributed by atoms with Gasteiger partial charge in [0.25, 0.3) is 0 Å². The quantitative estimate of drug-likeness (QED) is 0.128. The Morgan fingerprint density at radius 3 is 1.29 bits per heavy atom. The molecule has 0 fully saturated rings. The third-order valence-electron chi connectivity index (χ3n) is 7.64. The zero-order valence-electron chi connectivity index (χ0n) is 25.6. The van der Waals surface area contributed by atoms with E-state index in [9.17, 15) is 55.7 Å². The average molecular weight is 689 g/mol. The maximum absolute atomic E-state index is 15.0. The average Bonchev–Trinajstić information content (AvgIpc) is 3.02. The van der Waals surface area contributed by atoms with Crippen molar-refractivity contribution in [2.75, 3.05) is 0 Å². The van der Waals surface area contributed by atoms with E-state index in [-0.39, 0.29) is 30.9 Å². The van der Waals surface area contributed by atoms with Crippen molar-refractivity contribution < 1.29 is 65.2 Å². The van der Waals surface area contributed by atoms with Gasteiger partial charge in [-0.25, -0.2) is 19.2 Å². The molecular weight excluding hydrogens is 662 g/mol. The molecular formula is C35H26F6O8. The van der Waals surface area contributed by atoms with Gasteiger partial charge in [0.05, 0.1) is 22.3 Å². The number of rotatable bonds is 10. The fourth-order valence-electron chi connectivity index (χ4n) is 5.07. The van der Waals surface area contributed by atoms with Gasteiger partial charge in [-0.2, -0.15) is 26.3 Å². The molecule has 0 atom stereocenters. The molecule has 4 aromatic rings. The fraction of sp³-hybridized carbons (Fsp3) is 0.200. The number of carboxylic acids is 2. The SMILES string of the molecule is Cc1ccc(COC(=O)c2ccc(C(c3ccc(C(=O)O)c(C(=O)OCc4ccc(C)cc4)c3)(C(F)(F)F)C(F)(F)F)cc2C(=O)O)cc1. The number of carbonyl (C=O) groups excluding carboxylic acids is 2. The van der Waals surface area contributed by atoms with Crippen LogP contribution in [0.15, 0.2) is 84.9 Å². The number of esters is 2. The Hall–Kier alpha value is -5.66. The molecule has 0 amide bonds. The van der Waals surface area contributed by atoms with Crippen LogP contribution in [0.1, 0.15) is 74.8 Å². The van der Waals surface area contributed by atoms with Gasteiger partial charge in [0, 0.05) is 0 Å². The molecule has 4 aromatic carbocycles. The highest BCUT2D eigenvalue weighted by Crippen LogP contribution is 2.56. The van der Waals surface area contributed by atoms with E-state index < -0.39 is 81.6 Å². The van der Waals surface area contributed by atoms with Gasteiger partial charge in [-0.15, -0.1) is 0 Å². The molecule has 14 heteroatoms. The molecule has 0 saturated carbocycles. The van der Waals surface area contributed by atoms with Crippen LogP contribution in [0.4, 0.5) is 26.3 Å². The van der Waals surface area contributed by atoms with Crippen LogP contribution in [0, 0.1) is 13.8 Å². The van der Waals surface area contributed by atoms with E-state index >= 15 is 0 Å². The van der Waals surface area contributed by atoms with Gasteiger partial charge >= 0.3 is 36.2 Å². The van der Waals surface area contributed by atoms with Gasteiger partial charge in [0.2, 0.25) is 5.41 Å². The predicted molar refractivity (Wildman–Crippen MR) is 160 cm³/mol. The molecule has 0 spiro atoms. The lowest BCUT2D eigenvalue weighted by molar-refractivity contribution is -0.288. The lowest BCUT2D eigenvalue weighted by atomic mass is 9.71. The molecule has 8 nitrogen and oxygen atoms in total. The van der Waals surface area contributed by atoms with E-state index in [0.717, 1.165) is 11.1 Å². The van der Waals surface area contributed by atoms with E-state index in [1.54, 1.807) is 50.2 Å². The van der Waals surface area contributed by atoms with Crippen molar-refractivity contribution in [3.63, 3.8) is 0 Å². The summed E-state index contributed by atoms with van der Waals surface area (Å²) in [5, 5.41) is 19.4. The third kappa shape index (κ3) is 7.42. The monoisotopic (exact) mass is 688 g/mol. The second-order valence-electron chi connectivity index (χ2n) is 11.0. The summed E-state index contributed by atoms with van der Waals surface area (Å²) in [4.78, 5) is 49.8. The van der Waals surface area contributed by atoms with Gasteiger partial charge in [0.1, 0.15) is 13.2 Å². The number of alkyl halides is 6. The minimum atomic E-state index is -6.26. The molecule has 4 rings (SSSR count). The molecule has 0 aliphatic heterocycles. The number of carboxylic acid groups (broad SMARTS) is 2. The molecule has 0 radical (unpaired) electrons. The second kappa shape index (κ2) is 13.8. The number of hydrogen-bond acceptors (Lipinski definition) is 6. The largest absolute Gasteiger partial charge is 0.478 e. The lowest BCUT2D eigenvalue weighted by Crippen LogP contribution is -2.55. The standard InChI is InChI=1S/C35H26F6O8/c1-19-3-7-21(8-4-19)17-48-31(46)26-14-12-23(15-27(26)30(44)45)33(34(36,37)38,35(39,40)41)24-11-13-25(29(42)43)28(16-24)32(47)49-18-22-9-5-20(2)6-10-22/h3-16H,17-18H2,1-2H3,(H,42,43)(H,44,45). The van der Waals surface area contributed by atoms with Crippen molar-refractivity contribution in [3.8, 4) is 0 Å². The van der Waals surface area contributed by atoms with E-state index in [4.69, 9.17) is 9.47 Å². The first-order valence-corrected chi connectivity index (χ1v) is 14.2. The molecule has 0 heterocycles. The summed E-state index contributed by atoms with van der Waals surface area (Å²) >= 11 is 0. The summed E-state index contributed by atoms with van der Waals surface area (Å²) in [6.45, 7) is 2.68. The summed E-state index contributed by atoms with van der Waals surface area (Å²) in [6, 6.07) is 14.4. The molecule has 0 bridgehead atoms. The predicted octanol–water partition coefficient (Wildman–Crippen LogP) is 7.82. The van der Waals surface area contributed by atoms with Crippen LogP contribution in [0.5, 0.6) is 0 Å². The van der Waals surface area contributed by atoms with E-state index in [1.807, 2.05) is 0 Å². The van der Waals surface area contributed by atoms with Gasteiger partial charge in [-0.1, -0.05) is 71.8 Å². The number of benzene rings is 4.